The molecule has 0 radical (unpaired) electrons. The van der Waals surface area contributed by atoms with E-state index in [1.807, 2.05) is 60.7 Å². The zero-order valence-corrected chi connectivity index (χ0v) is 14.5. The van der Waals surface area contributed by atoms with E-state index < -0.39 is 0 Å². The van der Waals surface area contributed by atoms with E-state index in [1.165, 1.54) is 0 Å². The van der Waals surface area contributed by atoms with E-state index in [-0.39, 0.29) is 12.5 Å². The molecule has 0 aliphatic rings. The molecule has 1 N–H and O–H groups in total. The minimum atomic E-state index is -0.162. The van der Waals surface area contributed by atoms with Crippen molar-refractivity contribution in [3.05, 3.63) is 71.4 Å². The second-order valence-electron chi connectivity index (χ2n) is 5.79. The lowest BCUT2D eigenvalue weighted by molar-refractivity contribution is -0.122. The van der Waals surface area contributed by atoms with Crippen LogP contribution in [0.5, 0.6) is 0 Å². The van der Waals surface area contributed by atoms with Crippen molar-refractivity contribution in [2.75, 3.05) is 0 Å². The van der Waals surface area contributed by atoms with Crippen molar-refractivity contribution >= 4 is 28.5 Å². The van der Waals surface area contributed by atoms with Gasteiger partial charge in [-0.05, 0) is 48.5 Å². The smallest absolute Gasteiger partial charge is 0.242 e. The number of rotatable bonds is 5. The summed E-state index contributed by atoms with van der Waals surface area (Å²) in [7, 11) is 0. The third-order valence-electron chi connectivity index (χ3n) is 3.96. The van der Waals surface area contributed by atoms with Crippen LogP contribution in [0.2, 0.25) is 5.02 Å². The number of carbonyl (C=O) groups excluding carboxylic acids is 1. The number of carbonyl (C=O) groups is 1. The molecule has 0 spiro atoms. The lowest BCUT2D eigenvalue weighted by atomic mass is 10.2. The summed E-state index contributed by atoms with van der Waals surface area (Å²) in [5.41, 5.74) is 2.52. The molecule has 0 bridgehead atoms. The highest BCUT2D eigenvalue weighted by atomic mass is 35.5. The minimum Gasteiger partial charge on any atom is -0.459 e. The first-order valence-corrected chi connectivity index (χ1v) is 8.46. The summed E-state index contributed by atoms with van der Waals surface area (Å²) in [6.07, 6.45) is 0. The molecule has 26 heavy (non-hydrogen) atoms. The second-order valence-corrected chi connectivity index (χ2v) is 6.22. The summed E-state index contributed by atoms with van der Waals surface area (Å²) >= 11 is 5.89. The average molecular weight is 367 g/mol. The molecule has 0 saturated heterocycles. The predicted octanol–water partition coefficient (Wildman–Crippen LogP) is 3.66. The molecule has 130 valence electrons. The Hall–Kier alpha value is -3.12. The van der Waals surface area contributed by atoms with Gasteiger partial charge in [0.05, 0.1) is 12.1 Å². The van der Waals surface area contributed by atoms with Gasteiger partial charge in [-0.2, -0.15) is 0 Å². The van der Waals surface area contributed by atoms with Crippen LogP contribution >= 0.6 is 11.6 Å². The van der Waals surface area contributed by atoms with Crippen LogP contribution in [0.15, 0.2) is 65.1 Å². The fraction of sp³-hybridized carbons (Fsp3) is 0.105. The fourth-order valence-corrected chi connectivity index (χ4v) is 2.78. The fourth-order valence-electron chi connectivity index (χ4n) is 2.65. The van der Waals surface area contributed by atoms with E-state index in [4.69, 9.17) is 16.0 Å². The largest absolute Gasteiger partial charge is 0.459 e. The summed E-state index contributed by atoms with van der Waals surface area (Å²) in [4.78, 5) is 12.2. The van der Waals surface area contributed by atoms with Crippen molar-refractivity contribution in [3.8, 4) is 11.3 Å². The Kier molecular flexibility index (Phi) is 4.41. The SMILES string of the molecule is O=C(Cn1nnc2ccccc21)NCc1ccc(-c2ccc(Cl)cc2)o1. The number of para-hydroxylation sites is 1. The van der Waals surface area contributed by atoms with Gasteiger partial charge in [-0.15, -0.1) is 5.10 Å². The summed E-state index contributed by atoms with van der Waals surface area (Å²) < 4.78 is 7.35. The van der Waals surface area contributed by atoms with Gasteiger partial charge in [0.25, 0.3) is 0 Å². The molecule has 4 rings (SSSR count). The number of hydrogen-bond donors (Lipinski definition) is 1. The van der Waals surface area contributed by atoms with Gasteiger partial charge in [-0.3, -0.25) is 4.79 Å². The van der Waals surface area contributed by atoms with E-state index in [2.05, 4.69) is 15.6 Å². The molecule has 2 aromatic carbocycles. The summed E-state index contributed by atoms with van der Waals surface area (Å²) in [5.74, 6) is 1.24. The summed E-state index contributed by atoms with van der Waals surface area (Å²) in [5, 5.41) is 11.6. The third kappa shape index (κ3) is 3.45. The maximum absolute atomic E-state index is 12.2. The Morgan fingerprint density at radius 1 is 1.08 bits per heavy atom. The third-order valence-corrected chi connectivity index (χ3v) is 4.22. The Labute approximate surface area is 154 Å². The Bertz CT molecular complexity index is 1050. The van der Waals surface area contributed by atoms with Crippen molar-refractivity contribution in [1.82, 2.24) is 20.3 Å². The molecule has 1 amide bonds. The summed E-state index contributed by atoms with van der Waals surface area (Å²) in [6.45, 7) is 0.407. The molecule has 2 aromatic heterocycles. The molecule has 7 heteroatoms. The monoisotopic (exact) mass is 366 g/mol. The topological polar surface area (TPSA) is 73.0 Å². The molecular weight excluding hydrogens is 352 g/mol. The highest BCUT2D eigenvalue weighted by Crippen LogP contribution is 2.23. The maximum atomic E-state index is 12.2. The van der Waals surface area contributed by atoms with Crippen molar-refractivity contribution in [1.29, 1.82) is 0 Å². The van der Waals surface area contributed by atoms with Gasteiger partial charge in [0.1, 0.15) is 23.6 Å². The lowest BCUT2D eigenvalue weighted by Crippen LogP contribution is -2.27. The predicted molar refractivity (Wildman–Crippen MR) is 98.5 cm³/mol. The Morgan fingerprint density at radius 2 is 1.88 bits per heavy atom. The van der Waals surface area contributed by atoms with Crippen molar-refractivity contribution in [3.63, 3.8) is 0 Å². The molecular formula is C19H15ClN4O2. The van der Waals surface area contributed by atoms with Gasteiger partial charge in [0, 0.05) is 10.6 Å². The van der Waals surface area contributed by atoms with Crippen molar-refractivity contribution in [2.24, 2.45) is 0 Å². The van der Waals surface area contributed by atoms with Gasteiger partial charge in [0.2, 0.25) is 5.91 Å². The Balaban J connectivity index is 1.38. The van der Waals surface area contributed by atoms with Gasteiger partial charge in [-0.25, -0.2) is 4.68 Å². The molecule has 0 atom stereocenters. The average Bonchev–Trinajstić information content (AvgIpc) is 3.28. The lowest BCUT2D eigenvalue weighted by Gasteiger charge is -2.04. The number of furan rings is 1. The number of amides is 1. The van der Waals surface area contributed by atoms with Crippen LogP contribution in [0.3, 0.4) is 0 Å². The first kappa shape index (κ1) is 16.4. The first-order valence-electron chi connectivity index (χ1n) is 8.08. The molecule has 2 heterocycles. The first-order chi connectivity index (χ1) is 12.7. The number of fused-ring (bicyclic) bond motifs is 1. The molecule has 0 aliphatic heterocycles. The molecule has 0 aliphatic carbocycles. The van der Waals surface area contributed by atoms with E-state index >= 15 is 0 Å². The van der Waals surface area contributed by atoms with Crippen molar-refractivity contribution < 1.29 is 9.21 Å². The number of nitrogens with zero attached hydrogens (tertiary/aromatic N) is 3. The number of halogens is 1. The van der Waals surface area contributed by atoms with Gasteiger partial charge >= 0.3 is 0 Å². The van der Waals surface area contributed by atoms with Gasteiger partial charge < -0.3 is 9.73 Å². The highest BCUT2D eigenvalue weighted by Gasteiger charge is 2.10. The normalized spacial score (nSPS) is 11.0. The molecule has 6 nitrogen and oxygen atoms in total. The number of hydrogen-bond acceptors (Lipinski definition) is 4. The standard InChI is InChI=1S/C19H15ClN4O2/c20-14-7-5-13(6-8-14)18-10-9-15(26-18)11-21-19(25)12-24-17-4-2-1-3-16(17)22-23-24/h1-10H,11-12H2,(H,21,25). The maximum Gasteiger partial charge on any atom is 0.242 e. The number of benzene rings is 2. The van der Waals surface area contributed by atoms with E-state index in [0.717, 1.165) is 22.4 Å². The van der Waals surface area contributed by atoms with Crippen LogP contribution in [0.4, 0.5) is 0 Å². The van der Waals surface area contributed by atoms with E-state index in [0.29, 0.717) is 17.3 Å². The Morgan fingerprint density at radius 3 is 2.73 bits per heavy atom. The van der Waals surface area contributed by atoms with Crippen LogP contribution in [-0.2, 0) is 17.9 Å². The van der Waals surface area contributed by atoms with E-state index in [1.54, 1.807) is 4.68 Å². The van der Waals surface area contributed by atoms with Gasteiger partial charge in [0.15, 0.2) is 0 Å². The molecule has 4 aromatic rings. The number of nitrogens with one attached hydrogen (secondary N) is 1. The zero-order valence-electron chi connectivity index (χ0n) is 13.7. The van der Waals surface area contributed by atoms with Crippen LogP contribution in [0.1, 0.15) is 5.76 Å². The van der Waals surface area contributed by atoms with Crippen LogP contribution in [-0.4, -0.2) is 20.9 Å². The zero-order chi connectivity index (χ0) is 17.9. The van der Waals surface area contributed by atoms with Gasteiger partial charge in [-0.1, -0.05) is 28.9 Å². The quantitative estimate of drug-likeness (QED) is 0.585. The summed E-state index contributed by atoms with van der Waals surface area (Å²) in [6, 6.07) is 18.6. The molecule has 0 fully saturated rings. The van der Waals surface area contributed by atoms with Crippen LogP contribution in [0, 0.1) is 0 Å². The molecule has 0 unspecified atom stereocenters. The van der Waals surface area contributed by atoms with E-state index in [9.17, 15) is 4.79 Å². The van der Waals surface area contributed by atoms with Crippen LogP contribution < -0.4 is 5.32 Å². The van der Waals surface area contributed by atoms with Crippen LogP contribution in [0.25, 0.3) is 22.4 Å². The minimum absolute atomic E-state index is 0.102. The second kappa shape index (κ2) is 7.01. The van der Waals surface area contributed by atoms with Crippen molar-refractivity contribution in [2.45, 2.75) is 13.1 Å². The highest BCUT2D eigenvalue weighted by molar-refractivity contribution is 6.30. The number of aromatic nitrogens is 3. The molecule has 0 saturated carbocycles.